The lowest BCUT2D eigenvalue weighted by Crippen LogP contribution is -2.31. The predicted octanol–water partition coefficient (Wildman–Crippen LogP) is 2.55. The second-order valence-electron chi connectivity index (χ2n) is 4.11. The molecule has 7 heteroatoms. The Morgan fingerprint density at radius 1 is 1.47 bits per heavy atom. The highest BCUT2D eigenvalue weighted by molar-refractivity contribution is 6.31. The summed E-state index contributed by atoms with van der Waals surface area (Å²) in [6, 6.07) is 3.32. The summed E-state index contributed by atoms with van der Waals surface area (Å²) in [6.45, 7) is 2.85. The number of hydrazine groups is 1. The molecule has 2 rings (SSSR count). The Morgan fingerprint density at radius 2 is 2.26 bits per heavy atom. The molecule has 0 aromatic carbocycles. The van der Waals surface area contributed by atoms with Gasteiger partial charge in [-0.25, -0.2) is 10.4 Å². The van der Waals surface area contributed by atoms with Crippen LogP contribution in [0.25, 0.3) is 0 Å². The number of aromatic nitrogens is 3. The molecule has 0 aliphatic heterocycles. The van der Waals surface area contributed by atoms with Crippen LogP contribution >= 0.6 is 23.2 Å². The van der Waals surface area contributed by atoms with E-state index in [4.69, 9.17) is 29.0 Å². The van der Waals surface area contributed by atoms with E-state index in [0.29, 0.717) is 10.2 Å². The fraction of sp³-hybridized carbons (Fsp3) is 0.333. The van der Waals surface area contributed by atoms with Crippen molar-refractivity contribution in [1.29, 1.82) is 0 Å². The molecule has 19 heavy (non-hydrogen) atoms. The van der Waals surface area contributed by atoms with Gasteiger partial charge in [-0.1, -0.05) is 30.1 Å². The van der Waals surface area contributed by atoms with E-state index < -0.39 is 0 Å². The second-order valence-corrected chi connectivity index (χ2v) is 4.91. The number of hydrogen-bond acceptors (Lipinski definition) is 4. The molecular formula is C12H15Cl2N5. The first-order valence-corrected chi connectivity index (χ1v) is 6.71. The molecule has 2 heterocycles. The van der Waals surface area contributed by atoms with Gasteiger partial charge in [0.15, 0.2) is 0 Å². The first-order valence-electron chi connectivity index (χ1n) is 5.96. The van der Waals surface area contributed by atoms with Crippen molar-refractivity contribution in [3.63, 3.8) is 0 Å². The standard InChI is InChI=1S/C12H15Cl2N5/c1-2-5-19-12(9(13)7-17-19)11(18-15)8-3-4-16-10(14)6-8/h3-4,6-7,11,18H,2,5,15H2,1H3. The Balaban J connectivity index is 2.44. The molecule has 0 aliphatic rings. The molecule has 0 bridgehead atoms. The minimum Gasteiger partial charge on any atom is -0.271 e. The third kappa shape index (κ3) is 3.06. The monoisotopic (exact) mass is 299 g/mol. The first kappa shape index (κ1) is 14.3. The Kier molecular flexibility index (Phi) is 4.76. The van der Waals surface area contributed by atoms with Crippen molar-refractivity contribution in [2.45, 2.75) is 25.9 Å². The van der Waals surface area contributed by atoms with Gasteiger partial charge in [0.25, 0.3) is 0 Å². The Hall–Kier alpha value is -1.14. The summed E-state index contributed by atoms with van der Waals surface area (Å²) in [6.07, 6.45) is 4.22. The average molecular weight is 300 g/mol. The lowest BCUT2D eigenvalue weighted by molar-refractivity contribution is 0.521. The number of hydrogen-bond donors (Lipinski definition) is 2. The van der Waals surface area contributed by atoms with Crippen LogP contribution in [0.5, 0.6) is 0 Å². The van der Waals surface area contributed by atoms with Gasteiger partial charge in [-0.05, 0) is 24.1 Å². The van der Waals surface area contributed by atoms with Gasteiger partial charge in [0, 0.05) is 12.7 Å². The molecular weight excluding hydrogens is 285 g/mol. The molecule has 3 N–H and O–H groups in total. The van der Waals surface area contributed by atoms with E-state index in [1.165, 1.54) is 0 Å². The lowest BCUT2D eigenvalue weighted by atomic mass is 10.1. The van der Waals surface area contributed by atoms with Gasteiger partial charge in [0.05, 0.1) is 23.0 Å². The Morgan fingerprint density at radius 3 is 2.89 bits per heavy atom. The van der Waals surface area contributed by atoms with Crippen molar-refractivity contribution in [2.75, 3.05) is 0 Å². The van der Waals surface area contributed by atoms with Crippen LogP contribution in [-0.4, -0.2) is 14.8 Å². The number of pyridine rings is 1. The van der Waals surface area contributed by atoms with Crippen molar-refractivity contribution < 1.29 is 0 Å². The van der Waals surface area contributed by atoms with Gasteiger partial charge in [-0.2, -0.15) is 5.10 Å². The number of halogens is 2. The zero-order valence-corrected chi connectivity index (χ0v) is 12.0. The summed E-state index contributed by atoms with van der Waals surface area (Å²) in [5.41, 5.74) is 4.47. The van der Waals surface area contributed by atoms with Crippen LogP contribution < -0.4 is 11.3 Å². The second kappa shape index (κ2) is 6.34. The van der Waals surface area contributed by atoms with Crippen LogP contribution in [0, 0.1) is 0 Å². The number of nitrogens with zero attached hydrogens (tertiary/aromatic N) is 3. The molecule has 1 unspecified atom stereocenters. The SMILES string of the molecule is CCCn1ncc(Cl)c1C(NN)c1ccnc(Cl)c1. The summed E-state index contributed by atoms with van der Waals surface area (Å²) in [4.78, 5) is 3.96. The van der Waals surface area contributed by atoms with Crippen LogP contribution in [0.2, 0.25) is 10.2 Å². The maximum absolute atomic E-state index is 6.22. The molecule has 0 amide bonds. The molecule has 1 atom stereocenters. The van der Waals surface area contributed by atoms with E-state index in [1.807, 2.05) is 10.7 Å². The third-order valence-electron chi connectivity index (χ3n) is 2.79. The normalized spacial score (nSPS) is 12.6. The number of nitrogens with one attached hydrogen (secondary N) is 1. The van der Waals surface area contributed by atoms with E-state index >= 15 is 0 Å². The molecule has 0 radical (unpaired) electrons. The van der Waals surface area contributed by atoms with Crippen LogP contribution in [-0.2, 0) is 6.54 Å². The quantitative estimate of drug-likeness (QED) is 0.506. The van der Waals surface area contributed by atoms with Crippen LogP contribution in [0.15, 0.2) is 24.5 Å². The van der Waals surface area contributed by atoms with Crippen LogP contribution in [0.4, 0.5) is 0 Å². The number of nitrogens with two attached hydrogens (primary N) is 1. The number of aryl methyl sites for hydroxylation is 1. The molecule has 2 aromatic heterocycles. The van der Waals surface area contributed by atoms with Crippen molar-refractivity contribution in [3.8, 4) is 0 Å². The maximum Gasteiger partial charge on any atom is 0.129 e. The summed E-state index contributed by atoms with van der Waals surface area (Å²) in [5, 5.41) is 5.25. The van der Waals surface area contributed by atoms with Crippen LogP contribution in [0.1, 0.15) is 30.6 Å². The van der Waals surface area contributed by atoms with E-state index in [0.717, 1.165) is 24.2 Å². The van der Waals surface area contributed by atoms with Gasteiger partial charge >= 0.3 is 0 Å². The van der Waals surface area contributed by atoms with Crippen molar-refractivity contribution in [2.24, 2.45) is 5.84 Å². The zero-order valence-electron chi connectivity index (χ0n) is 10.5. The molecule has 0 spiro atoms. The van der Waals surface area contributed by atoms with E-state index in [-0.39, 0.29) is 6.04 Å². The predicted molar refractivity (Wildman–Crippen MR) is 75.9 cm³/mol. The van der Waals surface area contributed by atoms with E-state index in [2.05, 4.69) is 22.4 Å². The Labute approximate surface area is 121 Å². The summed E-state index contributed by atoms with van der Waals surface area (Å²) in [7, 11) is 0. The molecule has 2 aromatic rings. The lowest BCUT2D eigenvalue weighted by Gasteiger charge is -2.18. The Bertz CT molecular complexity index is 555. The largest absolute Gasteiger partial charge is 0.271 e. The topological polar surface area (TPSA) is 68.8 Å². The van der Waals surface area contributed by atoms with Gasteiger partial charge in [0.1, 0.15) is 5.15 Å². The van der Waals surface area contributed by atoms with Gasteiger partial charge in [-0.3, -0.25) is 10.5 Å². The molecule has 102 valence electrons. The molecule has 0 saturated heterocycles. The maximum atomic E-state index is 6.22. The highest BCUT2D eigenvalue weighted by atomic mass is 35.5. The fourth-order valence-corrected chi connectivity index (χ4v) is 2.41. The van der Waals surface area contributed by atoms with E-state index in [9.17, 15) is 0 Å². The van der Waals surface area contributed by atoms with Crippen molar-refractivity contribution in [3.05, 3.63) is 46.0 Å². The highest BCUT2D eigenvalue weighted by Crippen LogP contribution is 2.28. The zero-order chi connectivity index (χ0) is 13.8. The molecule has 0 aliphatic carbocycles. The summed E-state index contributed by atoms with van der Waals surface area (Å²) in [5.74, 6) is 5.67. The molecule has 5 nitrogen and oxygen atoms in total. The summed E-state index contributed by atoms with van der Waals surface area (Å²) >= 11 is 12.1. The van der Waals surface area contributed by atoms with Crippen molar-refractivity contribution >= 4 is 23.2 Å². The third-order valence-corrected chi connectivity index (χ3v) is 3.29. The fourth-order valence-electron chi connectivity index (χ4n) is 1.98. The van der Waals surface area contributed by atoms with E-state index in [1.54, 1.807) is 18.5 Å². The minimum absolute atomic E-state index is 0.276. The summed E-state index contributed by atoms with van der Waals surface area (Å²) < 4.78 is 1.85. The highest BCUT2D eigenvalue weighted by Gasteiger charge is 2.21. The van der Waals surface area contributed by atoms with Crippen molar-refractivity contribution in [1.82, 2.24) is 20.2 Å². The molecule has 0 saturated carbocycles. The molecule has 0 fully saturated rings. The smallest absolute Gasteiger partial charge is 0.129 e. The van der Waals surface area contributed by atoms with Crippen LogP contribution in [0.3, 0.4) is 0 Å². The van der Waals surface area contributed by atoms with Gasteiger partial charge in [0.2, 0.25) is 0 Å². The average Bonchev–Trinajstić information content (AvgIpc) is 2.74. The van der Waals surface area contributed by atoms with Gasteiger partial charge < -0.3 is 0 Å². The first-order chi connectivity index (χ1) is 9.17. The van der Waals surface area contributed by atoms with Gasteiger partial charge in [-0.15, -0.1) is 0 Å². The minimum atomic E-state index is -0.276. The number of rotatable bonds is 5.